The maximum absolute atomic E-state index is 12.8. The fraction of sp³-hybridized carbons (Fsp3) is 0.500. The van der Waals surface area contributed by atoms with Crippen LogP contribution in [0.1, 0.15) is 25.3 Å². The average molecular weight is 393 g/mol. The molecule has 2 heterocycles. The molecule has 0 aliphatic carbocycles. The lowest BCUT2D eigenvalue weighted by Crippen LogP contribution is -2.52. The fourth-order valence-corrected chi connectivity index (χ4v) is 5.09. The number of carbonyl (C=O) groups excluding carboxylic acids is 3. The van der Waals surface area contributed by atoms with Gasteiger partial charge in [0.25, 0.3) is 5.91 Å². The second-order valence-electron chi connectivity index (χ2n) is 7.03. The third-order valence-electron chi connectivity index (χ3n) is 5.15. The van der Waals surface area contributed by atoms with E-state index in [1.807, 2.05) is 32.0 Å². The summed E-state index contributed by atoms with van der Waals surface area (Å²) in [5, 5.41) is 2.62. The highest BCUT2D eigenvalue weighted by Crippen LogP contribution is 2.30. The largest absolute Gasteiger partial charge is 0.325 e. The Morgan fingerprint density at radius 3 is 2.52 bits per heavy atom. The first kappa shape index (κ1) is 19.3. The summed E-state index contributed by atoms with van der Waals surface area (Å²) in [6.45, 7) is 3.76. The summed E-state index contributed by atoms with van der Waals surface area (Å²) in [6.07, 6.45) is 0.0833. The van der Waals surface area contributed by atoms with Crippen LogP contribution in [0.15, 0.2) is 24.3 Å². The molecule has 0 atom stereocenters. The van der Waals surface area contributed by atoms with Crippen LogP contribution in [-0.4, -0.2) is 61.3 Å². The van der Waals surface area contributed by atoms with Gasteiger partial charge < -0.3 is 10.2 Å². The van der Waals surface area contributed by atoms with Gasteiger partial charge in [-0.2, -0.15) is 0 Å². The number of benzene rings is 1. The minimum atomic E-state index is -3.18. The normalized spacial score (nSPS) is 20.6. The number of amides is 4. The maximum atomic E-state index is 12.8. The Bertz CT molecular complexity index is 882. The lowest BCUT2D eigenvalue weighted by Gasteiger charge is -2.30. The smallest absolute Gasteiger partial charge is 0.323 e. The van der Waals surface area contributed by atoms with Gasteiger partial charge in [-0.05, 0) is 44.4 Å². The first-order valence-corrected chi connectivity index (χ1v) is 10.7. The lowest BCUT2D eigenvalue weighted by atomic mass is 9.92. The van der Waals surface area contributed by atoms with E-state index in [4.69, 9.17) is 0 Å². The number of anilines is 1. The van der Waals surface area contributed by atoms with Crippen LogP contribution in [0.4, 0.5) is 10.5 Å². The maximum Gasteiger partial charge on any atom is 0.325 e. The third kappa shape index (κ3) is 3.69. The van der Waals surface area contributed by atoms with Crippen molar-refractivity contribution in [2.75, 3.05) is 29.5 Å². The Hall–Kier alpha value is -2.42. The summed E-state index contributed by atoms with van der Waals surface area (Å²) in [5.74, 6) is -1.18. The van der Waals surface area contributed by atoms with Gasteiger partial charge in [0.2, 0.25) is 5.91 Å². The number of nitrogens with one attached hydrogen (secondary N) is 1. The highest BCUT2D eigenvalue weighted by Gasteiger charge is 2.53. The molecule has 1 aromatic carbocycles. The standard InChI is InChI=1S/C18H23N3O5S/c1-3-20(14-6-4-5-13(2)11-14)15(22)12-21-16(23)18(19-17(21)24)7-9-27(25,26)10-8-18/h4-6,11H,3,7-10,12H2,1-2H3,(H,19,24). The molecule has 1 spiro atoms. The molecule has 0 bridgehead atoms. The number of urea groups is 1. The van der Waals surface area contributed by atoms with Crippen LogP contribution < -0.4 is 10.2 Å². The van der Waals surface area contributed by atoms with Crippen molar-refractivity contribution in [3.05, 3.63) is 29.8 Å². The van der Waals surface area contributed by atoms with Gasteiger partial charge in [-0.25, -0.2) is 13.2 Å². The minimum absolute atomic E-state index is 0.0416. The summed E-state index contributed by atoms with van der Waals surface area (Å²) in [7, 11) is -3.18. The molecule has 146 valence electrons. The van der Waals surface area contributed by atoms with E-state index in [1.54, 1.807) is 6.07 Å². The first-order valence-electron chi connectivity index (χ1n) is 8.89. The number of hydrogen-bond acceptors (Lipinski definition) is 5. The molecule has 0 saturated carbocycles. The van der Waals surface area contributed by atoms with Crippen molar-refractivity contribution in [2.24, 2.45) is 0 Å². The van der Waals surface area contributed by atoms with E-state index in [0.29, 0.717) is 12.2 Å². The van der Waals surface area contributed by atoms with Crippen LogP contribution in [-0.2, 0) is 19.4 Å². The lowest BCUT2D eigenvalue weighted by molar-refractivity contribution is -0.134. The molecular weight excluding hydrogens is 370 g/mol. The molecule has 9 heteroatoms. The Labute approximate surface area is 158 Å². The van der Waals surface area contributed by atoms with Gasteiger partial charge in [0, 0.05) is 12.2 Å². The molecule has 2 saturated heterocycles. The van der Waals surface area contributed by atoms with Gasteiger partial charge in [-0.15, -0.1) is 0 Å². The quantitative estimate of drug-likeness (QED) is 0.764. The number of carbonyl (C=O) groups is 3. The minimum Gasteiger partial charge on any atom is -0.323 e. The van der Waals surface area contributed by atoms with Crippen LogP contribution >= 0.6 is 0 Å². The number of nitrogens with zero attached hydrogens (tertiary/aromatic N) is 2. The summed E-state index contributed by atoms with van der Waals surface area (Å²) in [5.41, 5.74) is 0.493. The van der Waals surface area contributed by atoms with Crippen LogP contribution in [0.2, 0.25) is 0 Å². The zero-order chi connectivity index (χ0) is 19.8. The van der Waals surface area contributed by atoms with Crippen LogP contribution in [0.5, 0.6) is 0 Å². The molecule has 0 unspecified atom stereocenters. The SMILES string of the molecule is CCN(C(=O)CN1C(=O)NC2(CCS(=O)(=O)CC2)C1=O)c1cccc(C)c1. The summed E-state index contributed by atoms with van der Waals surface area (Å²) in [6, 6.07) is 6.77. The Balaban J connectivity index is 1.76. The predicted molar refractivity (Wildman–Crippen MR) is 100 cm³/mol. The van der Waals surface area contributed by atoms with Gasteiger partial charge in [-0.3, -0.25) is 14.5 Å². The molecule has 2 aliphatic rings. The van der Waals surface area contributed by atoms with Crippen molar-refractivity contribution in [2.45, 2.75) is 32.2 Å². The second-order valence-corrected chi connectivity index (χ2v) is 9.34. The molecule has 0 radical (unpaired) electrons. The van der Waals surface area contributed by atoms with E-state index in [2.05, 4.69) is 5.32 Å². The zero-order valence-corrected chi connectivity index (χ0v) is 16.2. The number of hydrogen-bond donors (Lipinski definition) is 1. The number of likely N-dealkylation sites (N-methyl/N-ethyl adjacent to an activating group) is 1. The van der Waals surface area contributed by atoms with Crippen molar-refractivity contribution in [3.63, 3.8) is 0 Å². The average Bonchev–Trinajstić information content (AvgIpc) is 2.83. The summed E-state index contributed by atoms with van der Waals surface area (Å²) < 4.78 is 23.3. The predicted octanol–water partition coefficient (Wildman–Crippen LogP) is 0.847. The van der Waals surface area contributed by atoms with Crippen molar-refractivity contribution < 1.29 is 22.8 Å². The zero-order valence-electron chi connectivity index (χ0n) is 15.4. The van der Waals surface area contributed by atoms with Crippen LogP contribution in [0.25, 0.3) is 0 Å². The first-order chi connectivity index (χ1) is 12.7. The molecule has 1 N–H and O–H groups in total. The van der Waals surface area contributed by atoms with Crippen molar-refractivity contribution >= 4 is 33.4 Å². The van der Waals surface area contributed by atoms with E-state index in [1.165, 1.54) is 4.90 Å². The highest BCUT2D eigenvalue weighted by atomic mass is 32.2. The fourth-order valence-electron chi connectivity index (χ4n) is 3.56. The number of rotatable bonds is 4. The third-order valence-corrected chi connectivity index (χ3v) is 6.80. The molecule has 0 aromatic heterocycles. The van der Waals surface area contributed by atoms with E-state index >= 15 is 0 Å². The molecule has 27 heavy (non-hydrogen) atoms. The Kier molecular flexibility index (Phi) is 4.98. The van der Waals surface area contributed by atoms with Gasteiger partial charge in [0.15, 0.2) is 9.84 Å². The Morgan fingerprint density at radius 1 is 1.26 bits per heavy atom. The highest BCUT2D eigenvalue weighted by molar-refractivity contribution is 7.91. The molecule has 4 amide bonds. The van der Waals surface area contributed by atoms with E-state index in [-0.39, 0.29) is 36.8 Å². The number of sulfone groups is 1. The van der Waals surface area contributed by atoms with Crippen LogP contribution in [0.3, 0.4) is 0 Å². The monoisotopic (exact) mass is 393 g/mol. The van der Waals surface area contributed by atoms with Crippen LogP contribution in [0, 0.1) is 6.92 Å². The molecule has 8 nitrogen and oxygen atoms in total. The van der Waals surface area contributed by atoms with Gasteiger partial charge in [0.05, 0.1) is 11.5 Å². The molecule has 1 aromatic rings. The van der Waals surface area contributed by atoms with Gasteiger partial charge >= 0.3 is 6.03 Å². The number of imide groups is 1. The van der Waals surface area contributed by atoms with Crippen molar-refractivity contribution in [3.8, 4) is 0 Å². The van der Waals surface area contributed by atoms with Crippen molar-refractivity contribution in [1.29, 1.82) is 0 Å². The topological polar surface area (TPSA) is 104 Å². The molecular formula is C18H23N3O5S. The van der Waals surface area contributed by atoms with Crippen molar-refractivity contribution in [1.82, 2.24) is 10.2 Å². The Morgan fingerprint density at radius 2 is 1.93 bits per heavy atom. The molecule has 3 rings (SSSR count). The van der Waals surface area contributed by atoms with E-state index < -0.39 is 27.3 Å². The van der Waals surface area contributed by atoms with E-state index in [0.717, 1.165) is 10.5 Å². The molecule has 2 aliphatic heterocycles. The second kappa shape index (κ2) is 6.95. The number of aryl methyl sites for hydroxylation is 1. The molecule has 2 fully saturated rings. The van der Waals surface area contributed by atoms with Gasteiger partial charge in [-0.1, -0.05) is 12.1 Å². The van der Waals surface area contributed by atoms with Gasteiger partial charge in [0.1, 0.15) is 12.1 Å². The summed E-state index contributed by atoms with van der Waals surface area (Å²) >= 11 is 0. The summed E-state index contributed by atoms with van der Waals surface area (Å²) in [4.78, 5) is 40.3. The van der Waals surface area contributed by atoms with E-state index in [9.17, 15) is 22.8 Å².